The first-order valence-electron chi connectivity index (χ1n) is 6.36. The van der Waals surface area contributed by atoms with Crippen LogP contribution in [0.2, 0.25) is 0 Å². The zero-order chi connectivity index (χ0) is 14.5. The number of halogens is 1. The summed E-state index contributed by atoms with van der Waals surface area (Å²) in [6.45, 7) is 2.62. The van der Waals surface area contributed by atoms with Crippen molar-refractivity contribution in [3.63, 3.8) is 0 Å². The van der Waals surface area contributed by atoms with Crippen molar-refractivity contribution < 1.29 is 9.31 Å². The maximum Gasteiger partial charge on any atom is 0.306 e. The van der Waals surface area contributed by atoms with Gasteiger partial charge in [-0.2, -0.15) is 4.39 Å². The van der Waals surface area contributed by atoms with Gasteiger partial charge in [-0.25, -0.2) is 0 Å². The Bertz CT molecular complexity index is 629. The number of nitrogens with zero attached hydrogens (tertiary/aromatic N) is 1. The van der Waals surface area contributed by atoms with E-state index >= 15 is 0 Å². The number of rotatable bonds is 5. The van der Waals surface area contributed by atoms with Gasteiger partial charge in [0, 0.05) is 18.3 Å². The highest BCUT2D eigenvalue weighted by molar-refractivity contribution is 5.52. The van der Waals surface area contributed by atoms with Gasteiger partial charge in [-0.1, -0.05) is 31.2 Å². The minimum atomic E-state index is -0.825. The average molecular weight is 274 g/mol. The molecule has 0 atom stereocenters. The average Bonchev–Trinajstić information content (AvgIpc) is 2.46. The molecule has 0 saturated heterocycles. The number of nitrogens with one attached hydrogen (secondary N) is 1. The van der Waals surface area contributed by atoms with Gasteiger partial charge in [-0.15, -0.1) is 0 Å². The summed E-state index contributed by atoms with van der Waals surface area (Å²) in [6, 6.07) is 11.8. The Morgan fingerprint density at radius 2 is 1.90 bits per heavy atom. The van der Waals surface area contributed by atoms with Crippen LogP contribution in [0, 0.1) is 15.9 Å². The summed E-state index contributed by atoms with van der Waals surface area (Å²) in [7, 11) is 0. The second kappa shape index (κ2) is 6.14. The predicted molar refractivity (Wildman–Crippen MR) is 76.2 cm³/mol. The fraction of sp³-hybridized carbons (Fsp3) is 0.200. The lowest BCUT2D eigenvalue weighted by Gasteiger charge is -2.10. The van der Waals surface area contributed by atoms with E-state index in [0.717, 1.165) is 18.1 Å². The van der Waals surface area contributed by atoms with Crippen LogP contribution in [0.1, 0.15) is 18.1 Å². The Morgan fingerprint density at radius 3 is 2.55 bits per heavy atom. The molecule has 0 aliphatic rings. The lowest BCUT2D eigenvalue weighted by Crippen LogP contribution is -2.03. The standard InChI is InChI=1S/C15H15FN2O2/c1-2-11-5-3-4-6-12(11)10-17-13-7-8-14(16)15(9-13)18(19)20/h3-9,17H,2,10H2,1H3. The van der Waals surface area contributed by atoms with Crippen molar-refractivity contribution >= 4 is 11.4 Å². The first-order valence-corrected chi connectivity index (χ1v) is 6.36. The summed E-state index contributed by atoms with van der Waals surface area (Å²) in [5.74, 6) is -0.825. The summed E-state index contributed by atoms with van der Waals surface area (Å²) in [6.07, 6.45) is 0.918. The van der Waals surface area contributed by atoms with Crippen LogP contribution in [0.3, 0.4) is 0 Å². The first kappa shape index (κ1) is 14.0. The van der Waals surface area contributed by atoms with Crippen LogP contribution < -0.4 is 5.32 Å². The van der Waals surface area contributed by atoms with Crippen molar-refractivity contribution in [3.05, 3.63) is 69.5 Å². The van der Waals surface area contributed by atoms with Gasteiger partial charge < -0.3 is 5.32 Å². The van der Waals surface area contributed by atoms with Gasteiger partial charge in [-0.3, -0.25) is 10.1 Å². The van der Waals surface area contributed by atoms with Crippen LogP contribution >= 0.6 is 0 Å². The van der Waals surface area contributed by atoms with Gasteiger partial charge in [0.05, 0.1) is 4.92 Å². The normalized spacial score (nSPS) is 10.3. The minimum Gasteiger partial charge on any atom is -0.381 e. The van der Waals surface area contributed by atoms with Gasteiger partial charge in [0.15, 0.2) is 0 Å². The highest BCUT2D eigenvalue weighted by Crippen LogP contribution is 2.22. The van der Waals surface area contributed by atoms with E-state index < -0.39 is 16.4 Å². The van der Waals surface area contributed by atoms with Crippen molar-refractivity contribution in [2.24, 2.45) is 0 Å². The number of nitro groups is 1. The van der Waals surface area contributed by atoms with E-state index in [9.17, 15) is 14.5 Å². The molecular formula is C15H15FN2O2. The molecule has 2 rings (SSSR count). The molecular weight excluding hydrogens is 259 g/mol. The zero-order valence-electron chi connectivity index (χ0n) is 11.1. The quantitative estimate of drug-likeness (QED) is 0.664. The Balaban J connectivity index is 2.15. The SMILES string of the molecule is CCc1ccccc1CNc1ccc(F)c([N+](=O)[O-])c1. The number of hydrogen-bond acceptors (Lipinski definition) is 3. The van der Waals surface area contributed by atoms with Gasteiger partial charge in [0.25, 0.3) is 0 Å². The van der Waals surface area contributed by atoms with Crippen molar-refractivity contribution in [1.82, 2.24) is 0 Å². The number of hydrogen-bond donors (Lipinski definition) is 1. The van der Waals surface area contributed by atoms with Crippen molar-refractivity contribution in [1.29, 1.82) is 0 Å². The van der Waals surface area contributed by atoms with Crippen LogP contribution in [0.4, 0.5) is 15.8 Å². The molecule has 0 bridgehead atoms. The van der Waals surface area contributed by atoms with Crippen LogP contribution in [0.25, 0.3) is 0 Å². The smallest absolute Gasteiger partial charge is 0.306 e. The first-order chi connectivity index (χ1) is 9.61. The van der Waals surface area contributed by atoms with Crippen molar-refractivity contribution in [2.75, 3.05) is 5.32 Å². The van der Waals surface area contributed by atoms with Crippen LogP contribution in [0.5, 0.6) is 0 Å². The molecule has 0 saturated carbocycles. The molecule has 2 aromatic rings. The zero-order valence-corrected chi connectivity index (χ0v) is 11.1. The number of anilines is 1. The Labute approximate surface area is 116 Å². The summed E-state index contributed by atoms with van der Waals surface area (Å²) < 4.78 is 13.2. The topological polar surface area (TPSA) is 55.2 Å². The van der Waals surface area contributed by atoms with E-state index in [-0.39, 0.29) is 0 Å². The third-order valence-corrected chi connectivity index (χ3v) is 3.13. The predicted octanol–water partition coefficient (Wildman–Crippen LogP) is 3.91. The Morgan fingerprint density at radius 1 is 1.20 bits per heavy atom. The molecule has 5 heteroatoms. The summed E-state index contributed by atoms with van der Waals surface area (Å²) >= 11 is 0. The van der Waals surface area contributed by atoms with E-state index in [0.29, 0.717) is 12.2 Å². The van der Waals surface area contributed by atoms with Crippen LogP contribution in [0.15, 0.2) is 42.5 Å². The molecule has 0 aliphatic heterocycles. The minimum absolute atomic E-state index is 0.515. The van der Waals surface area contributed by atoms with Gasteiger partial charge in [0.1, 0.15) is 0 Å². The number of aryl methyl sites for hydroxylation is 1. The summed E-state index contributed by atoms with van der Waals surface area (Å²) in [4.78, 5) is 9.96. The molecule has 0 spiro atoms. The number of benzene rings is 2. The van der Waals surface area contributed by atoms with E-state index in [1.165, 1.54) is 17.7 Å². The molecule has 0 radical (unpaired) electrons. The molecule has 0 unspecified atom stereocenters. The molecule has 0 heterocycles. The van der Waals surface area contributed by atoms with E-state index in [4.69, 9.17) is 0 Å². The monoisotopic (exact) mass is 274 g/mol. The fourth-order valence-electron chi connectivity index (χ4n) is 2.03. The highest BCUT2D eigenvalue weighted by Gasteiger charge is 2.14. The second-order valence-electron chi connectivity index (χ2n) is 4.40. The van der Waals surface area contributed by atoms with E-state index in [1.54, 1.807) is 0 Å². The highest BCUT2D eigenvalue weighted by atomic mass is 19.1. The van der Waals surface area contributed by atoms with E-state index in [1.807, 2.05) is 24.3 Å². The molecule has 0 fully saturated rings. The third kappa shape index (κ3) is 3.12. The maximum atomic E-state index is 13.2. The van der Waals surface area contributed by atoms with Crippen molar-refractivity contribution in [3.8, 4) is 0 Å². The van der Waals surface area contributed by atoms with E-state index in [2.05, 4.69) is 12.2 Å². The van der Waals surface area contributed by atoms with Gasteiger partial charge in [-0.05, 0) is 29.7 Å². The molecule has 104 valence electrons. The molecule has 0 amide bonds. The Kier molecular flexibility index (Phi) is 4.30. The second-order valence-corrected chi connectivity index (χ2v) is 4.40. The molecule has 0 aliphatic carbocycles. The summed E-state index contributed by atoms with van der Waals surface area (Å²) in [5.41, 5.74) is 2.36. The third-order valence-electron chi connectivity index (χ3n) is 3.13. The Hall–Kier alpha value is -2.43. The van der Waals surface area contributed by atoms with Crippen LogP contribution in [-0.4, -0.2) is 4.92 Å². The van der Waals surface area contributed by atoms with Gasteiger partial charge >= 0.3 is 5.69 Å². The lowest BCUT2D eigenvalue weighted by atomic mass is 10.1. The van der Waals surface area contributed by atoms with Crippen molar-refractivity contribution in [2.45, 2.75) is 19.9 Å². The molecule has 0 aromatic heterocycles. The molecule has 20 heavy (non-hydrogen) atoms. The molecule has 4 nitrogen and oxygen atoms in total. The van der Waals surface area contributed by atoms with Crippen LogP contribution in [-0.2, 0) is 13.0 Å². The summed E-state index contributed by atoms with van der Waals surface area (Å²) in [5, 5.41) is 13.8. The largest absolute Gasteiger partial charge is 0.381 e. The maximum absolute atomic E-state index is 13.2. The lowest BCUT2D eigenvalue weighted by molar-refractivity contribution is -0.387. The van der Waals surface area contributed by atoms with Gasteiger partial charge in [0.2, 0.25) is 5.82 Å². The fourth-order valence-corrected chi connectivity index (χ4v) is 2.03. The molecule has 1 N–H and O–H groups in total. The number of nitro benzene ring substituents is 1. The molecule has 2 aromatic carbocycles.